The Morgan fingerprint density at radius 2 is 2.28 bits per heavy atom. The summed E-state index contributed by atoms with van der Waals surface area (Å²) in [7, 11) is 0. The number of nitrogens with zero attached hydrogens (tertiary/aromatic N) is 3. The van der Waals surface area contributed by atoms with E-state index in [-0.39, 0.29) is 5.69 Å². The van der Waals surface area contributed by atoms with Gasteiger partial charge in [0, 0.05) is 22.6 Å². The molecule has 18 heavy (non-hydrogen) atoms. The van der Waals surface area contributed by atoms with Crippen molar-refractivity contribution in [2.45, 2.75) is 13.1 Å². The van der Waals surface area contributed by atoms with Crippen LogP contribution in [-0.2, 0) is 13.1 Å². The molecule has 2 N–H and O–H groups in total. The quantitative estimate of drug-likeness (QED) is 0.648. The number of nitro groups is 1. The van der Waals surface area contributed by atoms with Crippen LogP contribution in [0, 0.1) is 10.1 Å². The van der Waals surface area contributed by atoms with Crippen molar-refractivity contribution in [1.29, 1.82) is 0 Å². The maximum atomic E-state index is 10.9. The minimum atomic E-state index is -0.391. The average Bonchev–Trinajstić information content (AvgIpc) is 2.82. The maximum absolute atomic E-state index is 10.9. The highest BCUT2D eigenvalue weighted by Crippen LogP contribution is 2.22. The summed E-state index contributed by atoms with van der Waals surface area (Å²) in [5.41, 5.74) is 0.720. The molecular formula is C10H10BrN5O2. The molecule has 0 aliphatic rings. The zero-order chi connectivity index (χ0) is 13.0. The summed E-state index contributed by atoms with van der Waals surface area (Å²) in [5, 5.41) is 20.3. The van der Waals surface area contributed by atoms with Gasteiger partial charge in [-0.3, -0.25) is 15.2 Å². The number of nitrogens with one attached hydrogen (secondary N) is 2. The van der Waals surface area contributed by atoms with Crippen LogP contribution in [-0.4, -0.2) is 20.1 Å². The van der Waals surface area contributed by atoms with Gasteiger partial charge in [0.25, 0.3) is 5.69 Å². The van der Waals surface area contributed by atoms with Crippen molar-refractivity contribution in [3.63, 3.8) is 0 Å². The third-order valence-corrected chi connectivity index (χ3v) is 2.80. The van der Waals surface area contributed by atoms with Crippen molar-refractivity contribution in [2.24, 2.45) is 0 Å². The Balaban J connectivity index is 2.03. The first-order valence-corrected chi connectivity index (χ1v) is 5.94. The number of aromatic nitrogens is 3. The summed E-state index contributed by atoms with van der Waals surface area (Å²) in [4.78, 5) is 14.4. The SMILES string of the molecule is O=[N+]([O-])c1ccc(Br)cc1CNCc1ncn[nH]1. The molecular weight excluding hydrogens is 302 g/mol. The molecule has 7 nitrogen and oxygen atoms in total. The van der Waals surface area contributed by atoms with E-state index in [4.69, 9.17) is 0 Å². The number of rotatable bonds is 5. The fraction of sp³-hybridized carbons (Fsp3) is 0.200. The molecule has 0 saturated carbocycles. The number of aromatic amines is 1. The number of nitro benzene ring substituents is 1. The molecule has 0 aliphatic heterocycles. The van der Waals surface area contributed by atoms with Crippen LogP contribution in [0.2, 0.25) is 0 Å². The fourth-order valence-corrected chi connectivity index (χ4v) is 1.91. The smallest absolute Gasteiger partial charge is 0.273 e. The van der Waals surface area contributed by atoms with Crippen molar-refractivity contribution < 1.29 is 4.92 Å². The molecule has 2 rings (SSSR count). The molecule has 94 valence electrons. The van der Waals surface area contributed by atoms with Crippen molar-refractivity contribution in [3.05, 3.63) is 50.5 Å². The molecule has 0 unspecified atom stereocenters. The molecule has 1 heterocycles. The minimum Gasteiger partial charge on any atom is -0.305 e. The van der Waals surface area contributed by atoms with Crippen LogP contribution in [0.1, 0.15) is 11.4 Å². The lowest BCUT2D eigenvalue weighted by molar-refractivity contribution is -0.385. The summed E-state index contributed by atoms with van der Waals surface area (Å²) in [5.74, 6) is 0.688. The molecule has 0 radical (unpaired) electrons. The van der Waals surface area contributed by atoms with E-state index in [1.807, 2.05) is 0 Å². The monoisotopic (exact) mass is 311 g/mol. The van der Waals surface area contributed by atoms with Gasteiger partial charge in [-0.05, 0) is 12.1 Å². The van der Waals surface area contributed by atoms with Gasteiger partial charge < -0.3 is 5.32 Å². The highest BCUT2D eigenvalue weighted by molar-refractivity contribution is 9.10. The van der Waals surface area contributed by atoms with Crippen LogP contribution in [0.3, 0.4) is 0 Å². The van der Waals surface area contributed by atoms with Crippen molar-refractivity contribution in [1.82, 2.24) is 20.5 Å². The van der Waals surface area contributed by atoms with E-state index in [2.05, 4.69) is 36.4 Å². The number of halogens is 1. The Kier molecular flexibility index (Phi) is 4.00. The Hall–Kier alpha value is -1.80. The first kappa shape index (κ1) is 12.7. The molecule has 0 spiro atoms. The van der Waals surface area contributed by atoms with E-state index in [0.29, 0.717) is 24.5 Å². The van der Waals surface area contributed by atoms with Crippen LogP contribution in [0.15, 0.2) is 29.0 Å². The zero-order valence-corrected chi connectivity index (χ0v) is 10.8. The van der Waals surface area contributed by atoms with Gasteiger partial charge in [-0.1, -0.05) is 15.9 Å². The molecule has 0 amide bonds. The second kappa shape index (κ2) is 5.69. The third kappa shape index (κ3) is 3.11. The summed E-state index contributed by atoms with van der Waals surface area (Å²) in [6.07, 6.45) is 1.42. The molecule has 0 aliphatic carbocycles. The Morgan fingerprint density at radius 3 is 2.94 bits per heavy atom. The highest BCUT2D eigenvalue weighted by Gasteiger charge is 2.13. The number of hydrogen-bond donors (Lipinski definition) is 2. The van der Waals surface area contributed by atoms with Crippen LogP contribution < -0.4 is 5.32 Å². The number of hydrogen-bond acceptors (Lipinski definition) is 5. The van der Waals surface area contributed by atoms with Gasteiger partial charge in [-0.15, -0.1) is 0 Å². The molecule has 2 aromatic rings. The van der Waals surface area contributed by atoms with Gasteiger partial charge >= 0.3 is 0 Å². The maximum Gasteiger partial charge on any atom is 0.273 e. The highest BCUT2D eigenvalue weighted by atomic mass is 79.9. The van der Waals surface area contributed by atoms with Gasteiger partial charge in [0.2, 0.25) is 0 Å². The van der Waals surface area contributed by atoms with Crippen LogP contribution >= 0.6 is 15.9 Å². The largest absolute Gasteiger partial charge is 0.305 e. The van der Waals surface area contributed by atoms with Gasteiger partial charge in [0.15, 0.2) is 0 Å². The van der Waals surface area contributed by atoms with Gasteiger partial charge in [-0.25, -0.2) is 4.98 Å². The Bertz CT molecular complexity index is 543. The van der Waals surface area contributed by atoms with E-state index in [1.165, 1.54) is 12.4 Å². The molecule has 0 saturated heterocycles. The summed E-state index contributed by atoms with van der Waals surface area (Å²) in [6, 6.07) is 4.86. The predicted octanol–water partition coefficient (Wildman–Crippen LogP) is 1.77. The summed E-state index contributed by atoms with van der Waals surface area (Å²) in [6.45, 7) is 0.861. The summed E-state index contributed by atoms with van der Waals surface area (Å²) < 4.78 is 0.810. The van der Waals surface area contributed by atoms with Crippen molar-refractivity contribution >= 4 is 21.6 Å². The lowest BCUT2D eigenvalue weighted by Gasteiger charge is -2.04. The van der Waals surface area contributed by atoms with Crippen LogP contribution in [0.4, 0.5) is 5.69 Å². The molecule has 0 bridgehead atoms. The lowest BCUT2D eigenvalue weighted by atomic mass is 10.2. The van der Waals surface area contributed by atoms with Crippen molar-refractivity contribution in [3.8, 4) is 0 Å². The number of benzene rings is 1. The van der Waals surface area contributed by atoms with Gasteiger partial charge in [0.05, 0.1) is 11.5 Å². The second-order valence-corrected chi connectivity index (χ2v) is 4.48. The third-order valence-electron chi connectivity index (χ3n) is 2.31. The van der Waals surface area contributed by atoms with Gasteiger partial charge in [-0.2, -0.15) is 5.10 Å². The second-order valence-electron chi connectivity index (χ2n) is 3.57. The predicted molar refractivity (Wildman–Crippen MR) is 67.7 cm³/mol. The molecule has 8 heteroatoms. The van der Waals surface area contributed by atoms with E-state index in [1.54, 1.807) is 12.1 Å². The van der Waals surface area contributed by atoms with E-state index in [0.717, 1.165) is 4.47 Å². The summed E-state index contributed by atoms with van der Waals surface area (Å²) >= 11 is 3.30. The molecule has 1 aromatic carbocycles. The van der Waals surface area contributed by atoms with Crippen molar-refractivity contribution in [2.75, 3.05) is 0 Å². The normalized spacial score (nSPS) is 10.5. The molecule has 0 atom stereocenters. The topological polar surface area (TPSA) is 96.7 Å². The van der Waals surface area contributed by atoms with E-state index >= 15 is 0 Å². The van der Waals surface area contributed by atoms with Crippen LogP contribution in [0.5, 0.6) is 0 Å². The standard InChI is InChI=1S/C10H10BrN5O2/c11-8-1-2-9(16(17)18)7(3-8)4-12-5-10-13-6-14-15-10/h1-3,6,12H,4-5H2,(H,13,14,15). The zero-order valence-electron chi connectivity index (χ0n) is 9.26. The minimum absolute atomic E-state index is 0.100. The van der Waals surface area contributed by atoms with Crippen LogP contribution in [0.25, 0.3) is 0 Å². The first-order chi connectivity index (χ1) is 8.66. The lowest BCUT2D eigenvalue weighted by Crippen LogP contribution is -2.14. The Morgan fingerprint density at radius 1 is 1.44 bits per heavy atom. The van der Waals surface area contributed by atoms with E-state index < -0.39 is 4.92 Å². The molecule has 0 fully saturated rings. The molecule has 1 aromatic heterocycles. The first-order valence-electron chi connectivity index (χ1n) is 5.14. The average molecular weight is 312 g/mol. The van der Waals surface area contributed by atoms with E-state index in [9.17, 15) is 10.1 Å². The fourth-order valence-electron chi connectivity index (χ4n) is 1.51. The van der Waals surface area contributed by atoms with Gasteiger partial charge in [0.1, 0.15) is 12.2 Å². The Labute approximate surface area is 111 Å². The number of H-pyrrole nitrogens is 1.